The highest BCUT2D eigenvalue weighted by molar-refractivity contribution is 6.18. The molecule has 0 atom stereocenters. The predicted molar refractivity (Wildman–Crippen MR) is 71.8 cm³/mol. The first-order valence-electron chi connectivity index (χ1n) is 6.05. The second-order valence-corrected chi connectivity index (χ2v) is 5.72. The van der Waals surface area contributed by atoms with Crippen LogP contribution in [0.2, 0.25) is 0 Å². The summed E-state index contributed by atoms with van der Waals surface area (Å²) in [5, 5.41) is 2.92. The van der Waals surface area contributed by atoms with E-state index in [2.05, 4.69) is 5.32 Å². The summed E-state index contributed by atoms with van der Waals surface area (Å²) in [6.07, 6.45) is 0. The molecule has 0 saturated heterocycles. The number of rotatable bonds is 4. The monoisotopic (exact) mass is 267 g/mol. The Hall–Kier alpha value is -1.06. The molecule has 4 heteroatoms. The Morgan fingerprint density at radius 3 is 2.83 bits per heavy atom. The molecule has 98 valence electrons. The number of halogens is 1. The second kappa shape index (κ2) is 5.29. The Bertz CT molecular complexity index is 457. The van der Waals surface area contributed by atoms with Crippen LogP contribution in [0.1, 0.15) is 35.3 Å². The molecule has 0 aromatic heterocycles. The van der Waals surface area contributed by atoms with Crippen molar-refractivity contribution in [3.8, 4) is 0 Å². The third kappa shape index (κ3) is 3.03. The fourth-order valence-electron chi connectivity index (χ4n) is 1.78. The molecule has 0 saturated carbocycles. The summed E-state index contributed by atoms with van der Waals surface area (Å²) < 4.78 is 5.33. The van der Waals surface area contributed by atoms with E-state index in [1.54, 1.807) is 0 Å². The normalized spacial score (nSPS) is 14.4. The number of carbonyl (C=O) groups excluding carboxylic acids is 1. The molecule has 1 aromatic rings. The van der Waals surface area contributed by atoms with E-state index >= 15 is 0 Å². The zero-order valence-electron chi connectivity index (χ0n) is 10.8. The molecule has 0 spiro atoms. The van der Waals surface area contributed by atoms with Crippen molar-refractivity contribution in [2.24, 2.45) is 5.41 Å². The summed E-state index contributed by atoms with van der Waals surface area (Å²) in [6, 6.07) is 5.71. The van der Waals surface area contributed by atoms with Gasteiger partial charge in [-0.15, -0.1) is 11.6 Å². The molecular weight excluding hydrogens is 250 g/mol. The van der Waals surface area contributed by atoms with Crippen molar-refractivity contribution < 1.29 is 9.53 Å². The maximum absolute atomic E-state index is 12.0. The van der Waals surface area contributed by atoms with Gasteiger partial charge in [-0.3, -0.25) is 4.79 Å². The van der Waals surface area contributed by atoms with Crippen molar-refractivity contribution in [3.63, 3.8) is 0 Å². The lowest BCUT2D eigenvalue weighted by Crippen LogP contribution is -2.35. The Kier molecular flexibility index (Phi) is 3.93. The van der Waals surface area contributed by atoms with Gasteiger partial charge in [0.05, 0.1) is 13.2 Å². The maximum Gasteiger partial charge on any atom is 0.251 e. The first-order valence-corrected chi connectivity index (χ1v) is 6.59. The minimum atomic E-state index is -0.0863. The van der Waals surface area contributed by atoms with Crippen molar-refractivity contribution in [2.75, 3.05) is 12.4 Å². The van der Waals surface area contributed by atoms with E-state index in [1.165, 1.54) is 5.56 Å². The van der Waals surface area contributed by atoms with E-state index in [0.717, 1.165) is 5.56 Å². The molecule has 0 bridgehead atoms. The minimum absolute atomic E-state index is 0.0529. The standard InChI is InChI=1S/C14H18ClNO2/c1-14(2,8-15)9-16-13(17)10-3-4-11-6-18-7-12(11)5-10/h3-5H,6-9H2,1-2H3,(H,16,17). The van der Waals surface area contributed by atoms with Crippen LogP contribution in [0.25, 0.3) is 0 Å². The fourth-order valence-corrected chi connectivity index (χ4v) is 1.88. The highest BCUT2D eigenvalue weighted by atomic mass is 35.5. The van der Waals surface area contributed by atoms with Crippen LogP contribution in [0.5, 0.6) is 0 Å². The van der Waals surface area contributed by atoms with Gasteiger partial charge in [0.25, 0.3) is 5.91 Å². The van der Waals surface area contributed by atoms with Crippen molar-refractivity contribution in [2.45, 2.75) is 27.1 Å². The molecule has 1 aliphatic rings. The number of carbonyl (C=O) groups is 1. The van der Waals surface area contributed by atoms with Gasteiger partial charge in [-0.25, -0.2) is 0 Å². The number of fused-ring (bicyclic) bond motifs is 1. The summed E-state index contributed by atoms with van der Waals surface area (Å²) in [5.74, 6) is 0.466. The topological polar surface area (TPSA) is 38.3 Å². The molecule has 0 radical (unpaired) electrons. The largest absolute Gasteiger partial charge is 0.372 e. The van der Waals surface area contributed by atoms with E-state index < -0.39 is 0 Å². The summed E-state index contributed by atoms with van der Waals surface area (Å²) in [7, 11) is 0. The maximum atomic E-state index is 12.0. The number of benzene rings is 1. The first kappa shape index (κ1) is 13.4. The van der Waals surface area contributed by atoms with E-state index in [9.17, 15) is 4.79 Å². The van der Waals surface area contributed by atoms with Gasteiger partial charge in [-0.2, -0.15) is 0 Å². The lowest BCUT2D eigenvalue weighted by molar-refractivity contribution is 0.0939. The Balaban J connectivity index is 2.01. The van der Waals surface area contributed by atoms with Crippen LogP contribution in [0.3, 0.4) is 0 Å². The average molecular weight is 268 g/mol. The molecule has 1 N–H and O–H groups in total. The lowest BCUT2D eigenvalue weighted by atomic mass is 9.96. The van der Waals surface area contributed by atoms with Crippen LogP contribution in [-0.4, -0.2) is 18.3 Å². The Morgan fingerprint density at radius 2 is 2.11 bits per heavy atom. The number of hydrogen-bond acceptors (Lipinski definition) is 2. The van der Waals surface area contributed by atoms with Gasteiger partial charge in [0.2, 0.25) is 0 Å². The van der Waals surface area contributed by atoms with Crippen LogP contribution in [0.4, 0.5) is 0 Å². The van der Waals surface area contributed by atoms with Gasteiger partial charge in [-0.1, -0.05) is 19.9 Å². The molecule has 1 amide bonds. The second-order valence-electron chi connectivity index (χ2n) is 5.46. The Labute approximate surface area is 112 Å². The molecule has 2 rings (SSSR count). The van der Waals surface area contributed by atoms with Crippen LogP contribution < -0.4 is 5.32 Å². The van der Waals surface area contributed by atoms with Gasteiger partial charge >= 0.3 is 0 Å². The molecule has 0 fully saturated rings. The molecule has 0 aliphatic carbocycles. The number of ether oxygens (including phenoxy) is 1. The van der Waals surface area contributed by atoms with Crippen LogP contribution in [0.15, 0.2) is 18.2 Å². The average Bonchev–Trinajstić information content (AvgIpc) is 2.83. The number of hydrogen-bond donors (Lipinski definition) is 1. The van der Waals surface area contributed by atoms with Gasteiger partial charge in [0.15, 0.2) is 0 Å². The molecule has 1 heterocycles. The quantitative estimate of drug-likeness (QED) is 0.852. The van der Waals surface area contributed by atoms with Crippen molar-refractivity contribution in [1.82, 2.24) is 5.32 Å². The van der Waals surface area contributed by atoms with Gasteiger partial charge < -0.3 is 10.1 Å². The number of alkyl halides is 1. The fraction of sp³-hybridized carbons (Fsp3) is 0.500. The van der Waals surface area contributed by atoms with E-state index in [-0.39, 0.29) is 11.3 Å². The van der Waals surface area contributed by atoms with Crippen molar-refractivity contribution in [3.05, 3.63) is 34.9 Å². The van der Waals surface area contributed by atoms with E-state index in [0.29, 0.717) is 31.2 Å². The summed E-state index contributed by atoms with van der Waals surface area (Å²) in [5.41, 5.74) is 2.88. The first-order chi connectivity index (χ1) is 8.52. The molecule has 3 nitrogen and oxygen atoms in total. The Morgan fingerprint density at radius 1 is 1.39 bits per heavy atom. The third-order valence-corrected chi connectivity index (χ3v) is 3.80. The zero-order chi connectivity index (χ0) is 13.2. The van der Waals surface area contributed by atoms with Crippen LogP contribution in [-0.2, 0) is 18.0 Å². The third-order valence-electron chi connectivity index (χ3n) is 3.07. The smallest absolute Gasteiger partial charge is 0.251 e. The minimum Gasteiger partial charge on any atom is -0.372 e. The van der Waals surface area contributed by atoms with Crippen LogP contribution >= 0.6 is 11.6 Å². The molecular formula is C14H18ClNO2. The predicted octanol–water partition coefficient (Wildman–Crippen LogP) is 2.71. The van der Waals surface area contributed by atoms with Crippen LogP contribution in [0, 0.1) is 5.41 Å². The molecule has 18 heavy (non-hydrogen) atoms. The van der Waals surface area contributed by atoms with Crippen molar-refractivity contribution >= 4 is 17.5 Å². The highest BCUT2D eigenvalue weighted by Crippen LogP contribution is 2.21. The van der Waals surface area contributed by atoms with Gasteiger partial charge in [-0.05, 0) is 28.7 Å². The van der Waals surface area contributed by atoms with E-state index in [4.69, 9.17) is 16.3 Å². The number of nitrogens with one attached hydrogen (secondary N) is 1. The molecule has 0 unspecified atom stereocenters. The highest BCUT2D eigenvalue weighted by Gasteiger charge is 2.19. The van der Waals surface area contributed by atoms with Gasteiger partial charge in [0, 0.05) is 18.0 Å². The lowest BCUT2D eigenvalue weighted by Gasteiger charge is -2.21. The summed E-state index contributed by atoms with van der Waals surface area (Å²) in [6.45, 7) is 5.87. The number of amides is 1. The SMILES string of the molecule is CC(C)(CCl)CNC(=O)c1ccc2c(c1)COC2. The molecule has 1 aliphatic heterocycles. The van der Waals surface area contributed by atoms with E-state index in [1.807, 2.05) is 32.0 Å². The summed E-state index contributed by atoms with van der Waals surface area (Å²) in [4.78, 5) is 12.0. The van der Waals surface area contributed by atoms with Gasteiger partial charge in [0.1, 0.15) is 0 Å². The summed E-state index contributed by atoms with van der Waals surface area (Å²) >= 11 is 5.83. The molecule has 1 aromatic carbocycles. The van der Waals surface area contributed by atoms with Crippen molar-refractivity contribution in [1.29, 1.82) is 0 Å². The zero-order valence-corrected chi connectivity index (χ0v) is 11.5.